The fourth-order valence-electron chi connectivity index (χ4n) is 3.97. The number of nitro groups is 1. The summed E-state index contributed by atoms with van der Waals surface area (Å²) >= 11 is 1.76. The first-order valence-electron chi connectivity index (χ1n) is 10.8. The molecule has 0 saturated carbocycles. The van der Waals surface area contributed by atoms with Gasteiger partial charge in [-0.1, -0.05) is 12.1 Å². The van der Waals surface area contributed by atoms with Crippen molar-refractivity contribution in [3.63, 3.8) is 0 Å². The van der Waals surface area contributed by atoms with Crippen LogP contribution in [0, 0.1) is 17.0 Å². The molecule has 4 rings (SSSR count). The molecule has 0 aliphatic carbocycles. The van der Waals surface area contributed by atoms with Crippen molar-refractivity contribution in [3.05, 3.63) is 63.1 Å². The summed E-state index contributed by atoms with van der Waals surface area (Å²) in [5, 5.41) is 14.9. The lowest BCUT2D eigenvalue weighted by atomic mass is 10.1. The molecule has 1 atom stereocenters. The van der Waals surface area contributed by atoms with Gasteiger partial charge in [-0.25, -0.2) is 4.98 Å². The average molecular weight is 454 g/mol. The van der Waals surface area contributed by atoms with Gasteiger partial charge in [-0.3, -0.25) is 19.8 Å². The van der Waals surface area contributed by atoms with E-state index >= 15 is 0 Å². The summed E-state index contributed by atoms with van der Waals surface area (Å²) in [7, 11) is 0. The Labute approximate surface area is 191 Å². The van der Waals surface area contributed by atoms with Crippen LogP contribution in [-0.2, 0) is 4.79 Å². The third kappa shape index (κ3) is 5.12. The van der Waals surface area contributed by atoms with Crippen LogP contribution < -0.4 is 5.32 Å². The van der Waals surface area contributed by atoms with Gasteiger partial charge >= 0.3 is 0 Å². The Balaban J connectivity index is 1.24. The number of fused-ring (bicyclic) bond motifs is 1. The van der Waals surface area contributed by atoms with E-state index < -0.39 is 4.92 Å². The van der Waals surface area contributed by atoms with E-state index in [4.69, 9.17) is 4.98 Å². The number of thiazole rings is 1. The molecule has 1 aliphatic heterocycles. The quantitative estimate of drug-likeness (QED) is 0.425. The lowest BCUT2D eigenvalue weighted by molar-refractivity contribution is -0.384. The predicted molar refractivity (Wildman–Crippen MR) is 127 cm³/mol. The Bertz CT molecular complexity index is 1090. The van der Waals surface area contributed by atoms with Gasteiger partial charge in [0.2, 0.25) is 5.91 Å². The Hall–Kier alpha value is -2.88. The predicted octanol–water partition coefficient (Wildman–Crippen LogP) is 4.22. The number of aryl methyl sites for hydroxylation is 1. The molecule has 1 unspecified atom stereocenters. The average Bonchev–Trinajstić information content (AvgIpc) is 3.23. The number of aromatic nitrogens is 1. The normalized spacial score (nSPS) is 16.2. The van der Waals surface area contributed by atoms with Crippen molar-refractivity contribution in [2.45, 2.75) is 26.3 Å². The zero-order chi connectivity index (χ0) is 22.7. The molecule has 2 heterocycles. The number of hydrogen-bond donors (Lipinski definition) is 1. The maximum Gasteiger partial charge on any atom is 0.269 e. The van der Waals surface area contributed by atoms with Gasteiger partial charge < -0.3 is 10.2 Å². The molecule has 1 fully saturated rings. The summed E-state index contributed by atoms with van der Waals surface area (Å²) in [5.41, 5.74) is 2.39. The maximum atomic E-state index is 12.4. The molecule has 1 N–H and O–H groups in total. The van der Waals surface area contributed by atoms with E-state index in [2.05, 4.69) is 34.2 Å². The van der Waals surface area contributed by atoms with E-state index in [-0.39, 0.29) is 17.6 Å². The van der Waals surface area contributed by atoms with E-state index in [1.54, 1.807) is 24.3 Å². The summed E-state index contributed by atoms with van der Waals surface area (Å²) < 4.78 is 1.22. The van der Waals surface area contributed by atoms with Crippen LogP contribution in [0.3, 0.4) is 0 Å². The Morgan fingerprint density at radius 2 is 1.97 bits per heavy atom. The Kier molecular flexibility index (Phi) is 6.78. The molecule has 8 nitrogen and oxygen atoms in total. The minimum absolute atomic E-state index is 0.0263. The smallest absolute Gasteiger partial charge is 0.269 e. The largest absolute Gasteiger partial charge is 0.326 e. The first kappa shape index (κ1) is 22.3. The van der Waals surface area contributed by atoms with Gasteiger partial charge in [-0.15, -0.1) is 11.3 Å². The monoisotopic (exact) mass is 453 g/mol. The van der Waals surface area contributed by atoms with Crippen molar-refractivity contribution < 1.29 is 9.72 Å². The lowest BCUT2D eigenvalue weighted by Gasteiger charge is -2.37. The second-order valence-electron chi connectivity index (χ2n) is 8.13. The van der Waals surface area contributed by atoms with Gasteiger partial charge in [0, 0.05) is 57.0 Å². The number of para-hydroxylation sites is 1. The zero-order valence-electron chi connectivity index (χ0n) is 18.3. The highest BCUT2D eigenvalue weighted by atomic mass is 32.1. The van der Waals surface area contributed by atoms with Crippen molar-refractivity contribution in [1.29, 1.82) is 0 Å². The number of hydrogen-bond acceptors (Lipinski definition) is 7. The minimum atomic E-state index is -0.435. The third-order valence-corrected chi connectivity index (χ3v) is 7.18. The molecule has 0 spiro atoms. The molecule has 1 amide bonds. The van der Waals surface area contributed by atoms with Crippen molar-refractivity contribution in [1.82, 2.24) is 14.8 Å². The van der Waals surface area contributed by atoms with Crippen molar-refractivity contribution in [3.8, 4) is 0 Å². The van der Waals surface area contributed by atoms with E-state index in [9.17, 15) is 14.9 Å². The summed E-state index contributed by atoms with van der Waals surface area (Å²) in [5.74, 6) is -0.0766. The Morgan fingerprint density at radius 1 is 1.22 bits per heavy atom. The molecule has 9 heteroatoms. The first-order valence-corrected chi connectivity index (χ1v) is 11.6. The number of non-ortho nitro benzene ring substituents is 1. The van der Waals surface area contributed by atoms with E-state index in [1.165, 1.54) is 16.8 Å². The van der Waals surface area contributed by atoms with Gasteiger partial charge in [-0.2, -0.15) is 0 Å². The number of nitrogens with one attached hydrogen (secondary N) is 1. The van der Waals surface area contributed by atoms with E-state index in [0.29, 0.717) is 24.2 Å². The van der Waals surface area contributed by atoms with Crippen LogP contribution in [0.5, 0.6) is 0 Å². The second kappa shape index (κ2) is 9.72. The molecule has 1 aliphatic rings. The fraction of sp³-hybridized carbons (Fsp3) is 0.391. The number of amides is 1. The highest BCUT2D eigenvalue weighted by Gasteiger charge is 2.24. The Morgan fingerprint density at radius 3 is 2.66 bits per heavy atom. The minimum Gasteiger partial charge on any atom is -0.326 e. The van der Waals surface area contributed by atoms with Crippen molar-refractivity contribution >= 4 is 38.8 Å². The van der Waals surface area contributed by atoms with E-state index in [1.807, 2.05) is 12.1 Å². The van der Waals surface area contributed by atoms with Crippen LogP contribution in [0.15, 0.2) is 42.5 Å². The number of nitro benzene ring substituents is 1. The molecular formula is C23H27N5O3S. The van der Waals surface area contributed by atoms with Crippen LogP contribution in [0.4, 0.5) is 11.4 Å². The van der Waals surface area contributed by atoms with Gasteiger partial charge in [0.1, 0.15) is 5.01 Å². The van der Waals surface area contributed by atoms with Crippen molar-refractivity contribution in [2.24, 2.45) is 0 Å². The summed E-state index contributed by atoms with van der Waals surface area (Å²) in [6.07, 6.45) is 0.393. The number of nitrogens with zero attached hydrogens (tertiary/aromatic N) is 4. The zero-order valence-corrected chi connectivity index (χ0v) is 19.1. The van der Waals surface area contributed by atoms with Gasteiger partial charge in [0.25, 0.3) is 5.69 Å². The molecule has 0 bridgehead atoms. The molecule has 2 aromatic carbocycles. The van der Waals surface area contributed by atoms with E-state index in [0.717, 1.165) is 36.7 Å². The first-order chi connectivity index (χ1) is 15.4. The number of piperazine rings is 1. The standard InChI is InChI=1S/C23H27N5O3S/c1-16-15-18(28(30)31)7-8-19(16)24-22(29)9-10-26-11-13-27(14-12-26)17(2)23-25-20-5-3-4-6-21(20)32-23/h3-8,15,17H,9-14H2,1-2H3,(H,24,29). The molecule has 32 heavy (non-hydrogen) atoms. The number of carbonyl (C=O) groups is 1. The van der Waals surface area contributed by atoms with Gasteiger partial charge in [0.05, 0.1) is 21.2 Å². The number of benzene rings is 2. The van der Waals surface area contributed by atoms with Crippen LogP contribution in [0.1, 0.15) is 30.0 Å². The molecule has 1 aromatic heterocycles. The number of rotatable bonds is 7. The van der Waals surface area contributed by atoms with Crippen LogP contribution in [0.2, 0.25) is 0 Å². The third-order valence-electron chi connectivity index (χ3n) is 5.97. The molecular weight excluding hydrogens is 426 g/mol. The summed E-state index contributed by atoms with van der Waals surface area (Å²) in [6.45, 7) is 8.39. The SMILES string of the molecule is Cc1cc([N+](=O)[O-])ccc1NC(=O)CCN1CCN(C(C)c2nc3ccccc3s2)CC1. The molecule has 0 radical (unpaired) electrons. The number of anilines is 1. The summed E-state index contributed by atoms with van der Waals surface area (Å²) in [6, 6.07) is 13.0. The van der Waals surface area contributed by atoms with Crippen LogP contribution >= 0.6 is 11.3 Å². The fourth-order valence-corrected chi connectivity index (χ4v) is 5.03. The lowest BCUT2D eigenvalue weighted by Crippen LogP contribution is -2.47. The highest BCUT2D eigenvalue weighted by Crippen LogP contribution is 2.30. The second-order valence-corrected chi connectivity index (χ2v) is 9.19. The van der Waals surface area contributed by atoms with Gasteiger partial charge in [0.15, 0.2) is 0 Å². The molecule has 168 valence electrons. The van der Waals surface area contributed by atoms with Crippen molar-refractivity contribution in [2.75, 3.05) is 38.0 Å². The summed E-state index contributed by atoms with van der Waals surface area (Å²) in [4.78, 5) is 32.4. The number of carbonyl (C=O) groups excluding carboxylic acids is 1. The molecule has 3 aromatic rings. The van der Waals surface area contributed by atoms with Crippen LogP contribution in [-0.4, -0.2) is 58.3 Å². The topological polar surface area (TPSA) is 91.6 Å². The molecule has 1 saturated heterocycles. The van der Waals surface area contributed by atoms with Crippen LogP contribution in [0.25, 0.3) is 10.2 Å². The maximum absolute atomic E-state index is 12.4. The van der Waals surface area contributed by atoms with Gasteiger partial charge in [-0.05, 0) is 37.6 Å². The highest BCUT2D eigenvalue weighted by molar-refractivity contribution is 7.18.